The molecule has 20 heavy (non-hydrogen) atoms. The summed E-state index contributed by atoms with van der Waals surface area (Å²) in [7, 11) is 2.32. The third-order valence-corrected chi connectivity index (χ3v) is 4.75. The van der Waals surface area contributed by atoms with Crippen molar-refractivity contribution >= 4 is 18.9 Å². The van der Waals surface area contributed by atoms with Gasteiger partial charge in [-0.25, -0.2) is 9.37 Å². The maximum atomic E-state index is 13.6. The zero-order valence-electron chi connectivity index (χ0n) is 12.5. The third-order valence-electron chi connectivity index (χ3n) is 4.75. The molecule has 1 aromatic carbocycles. The number of aryl methyl sites for hydroxylation is 1. The number of halogens is 1. The van der Waals surface area contributed by atoms with Crippen LogP contribution in [0.1, 0.15) is 50.8 Å². The van der Waals surface area contributed by atoms with E-state index in [0.29, 0.717) is 0 Å². The molecule has 2 aromatic rings. The van der Waals surface area contributed by atoms with Crippen LogP contribution >= 0.6 is 0 Å². The van der Waals surface area contributed by atoms with Crippen LogP contribution in [0.25, 0.3) is 11.0 Å². The number of aromatic nitrogens is 2. The Morgan fingerprint density at radius 1 is 1.15 bits per heavy atom. The van der Waals surface area contributed by atoms with Gasteiger partial charge in [0.15, 0.2) is 0 Å². The molecule has 3 rings (SSSR count). The van der Waals surface area contributed by atoms with Crippen LogP contribution in [0.3, 0.4) is 0 Å². The Balaban J connectivity index is 2.11. The molecule has 0 aliphatic heterocycles. The molecule has 1 saturated carbocycles. The lowest BCUT2D eigenvalue weighted by Crippen LogP contribution is -2.35. The van der Waals surface area contributed by atoms with Gasteiger partial charge in [-0.1, -0.05) is 32.1 Å². The van der Waals surface area contributed by atoms with Crippen LogP contribution in [0.2, 0.25) is 0 Å². The molecular weight excluding hydrogens is 250 g/mol. The highest BCUT2D eigenvalue weighted by Crippen LogP contribution is 2.34. The van der Waals surface area contributed by atoms with Gasteiger partial charge in [0.25, 0.3) is 0 Å². The van der Waals surface area contributed by atoms with E-state index in [9.17, 15) is 4.39 Å². The van der Waals surface area contributed by atoms with E-state index < -0.39 is 0 Å². The number of benzene rings is 1. The summed E-state index contributed by atoms with van der Waals surface area (Å²) in [5, 5.41) is 0. The maximum absolute atomic E-state index is 13.6. The fraction of sp³-hybridized carbons (Fsp3) is 0.562. The van der Waals surface area contributed by atoms with Gasteiger partial charge in [0.05, 0.1) is 11.0 Å². The summed E-state index contributed by atoms with van der Waals surface area (Å²) in [6.45, 7) is 2.04. The molecule has 1 aromatic heterocycles. The molecule has 0 spiro atoms. The summed E-state index contributed by atoms with van der Waals surface area (Å²) in [4.78, 5) is 4.62. The smallest absolute Gasteiger partial charge is 0.135 e. The van der Waals surface area contributed by atoms with E-state index in [1.807, 2.05) is 6.92 Å². The third kappa shape index (κ3) is 2.36. The lowest BCUT2D eigenvalue weighted by molar-refractivity contribution is 0.323. The molecule has 1 fully saturated rings. The summed E-state index contributed by atoms with van der Waals surface area (Å²) in [6.07, 6.45) is 8.82. The summed E-state index contributed by atoms with van der Waals surface area (Å²) in [6, 6.07) is 4.93. The minimum atomic E-state index is -0.173. The Labute approximate surface area is 120 Å². The molecule has 2 nitrogen and oxygen atoms in total. The number of nitrogens with zero attached hydrogens (tertiary/aromatic N) is 2. The van der Waals surface area contributed by atoms with E-state index in [1.165, 1.54) is 38.2 Å². The molecule has 1 heterocycles. The van der Waals surface area contributed by atoms with Crippen molar-refractivity contribution in [2.75, 3.05) is 0 Å². The number of fused-ring (bicyclic) bond motifs is 1. The van der Waals surface area contributed by atoms with E-state index in [0.717, 1.165) is 29.7 Å². The lowest BCUT2D eigenvalue weighted by atomic mass is 9.68. The molecule has 4 heteroatoms. The van der Waals surface area contributed by atoms with Gasteiger partial charge < -0.3 is 4.57 Å². The first-order chi connectivity index (χ1) is 9.60. The van der Waals surface area contributed by atoms with E-state index in [1.54, 1.807) is 12.1 Å². The van der Waals surface area contributed by atoms with Crippen LogP contribution in [0.15, 0.2) is 18.2 Å². The molecular formula is C16H22BFN2. The van der Waals surface area contributed by atoms with Crippen LogP contribution in [-0.2, 0) is 5.44 Å². The second-order valence-corrected chi connectivity index (χ2v) is 6.39. The standard InChI is InChI=1S/C16H22BFN2/c1-12-19-14-8-7-13(18)11-15(14)20(12)16(17)9-5-3-2-4-6-10-16/h7-8,11H,2-6,9-10,17H2,1H3. The monoisotopic (exact) mass is 272 g/mol. The van der Waals surface area contributed by atoms with Crippen molar-refractivity contribution in [2.24, 2.45) is 0 Å². The molecule has 1 aliphatic rings. The average Bonchev–Trinajstić information content (AvgIpc) is 2.70. The van der Waals surface area contributed by atoms with Crippen molar-refractivity contribution in [3.63, 3.8) is 0 Å². The average molecular weight is 272 g/mol. The zero-order valence-corrected chi connectivity index (χ0v) is 12.5. The first-order valence-corrected chi connectivity index (χ1v) is 7.75. The minimum absolute atomic E-state index is 0.0764. The largest absolute Gasteiger partial charge is 0.331 e. The second kappa shape index (κ2) is 5.23. The quantitative estimate of drug-likeness (QED) is 0.726. The topological polar surface area (TPSA) is 17.8 Å². The van der Waals surface area contributed by atoms with E-state index in [2.05, 4.69) is 17.4 Å². The second-order valence-electron chi connectivity index (χ2n) is 6.39. The summed E-state index contributed by atoms with van der Waals surface area (Å²) in [5.41, 5.74) is 1.94. The fourth-order valence-corrected chi connectivity index (χ4v) is 3.74. The normalized spacial score (nSPS) is 19.7. The van der Waals surface area contributed by atoms with Gasteiger partial charge in [-0.2, -0.15) is 0 Å². The Bertz CT molecular complexity index is 612. The van der Waals surface area contributed by atoms with Crippen LogP contribution in [-0.4, -0.2) is 17.4 Å². The molecule has 0 bridgehead atoms. The predicted octanol–water partition coefficient (Wildman–Crippen LogP) is 3.51. The van der Waals surface area contributed by atoms with Gasteiger partial charge in [-0.05, 0) is 38.0 Å². The molecule has 0 saturated heterocycles. The van der Waals surface area contributed by atoms with Gasteiger partial charge in [0.1, 0.15) is 19.5 Å². The summed E-state index contributed by atoms with van der Waals surface area (Å²) < 4.78 is 15.9. The van der Waals surface area contributed by atoms with Crippen LogP contribution in [0.5, 0.6) is 0 Å². The van der Waals surface area contributed by atoms with Crippen molar-refractivity contribution in [3.8, 4) is 0 Å². The number of imidazole rings is 1. The minimum Gasteiger partial charge on any atom is -0.331 e. The van der Waals surface area contributed by atoms with Crippen molar-refractivity contribution in [2.45, 2.75) is 57.3 Å². The van der Waals surface area contributed by atoms with Crippen LogP contribution < -0.4 is 0 Å². The van der Waals surface area contributed by atoms with Crippen LogP contribution in [0.4, 0.5) is 4.39 Å². The van der Waals surface area contributed by atoms with Gasteiger partial charge in [0, 0.05) is 5.44 Å². The zero-order chi connectivity index (χ0) is 14.2. The Hall–Kier alpha value is -1.32. The first kappa shape index (κ1) is 13.7. The number of rotatable bonds is 1. The Morgan fingerprint density at radius 3 is 2.50 bits per heavy atom. The summed E-state index contributed by atoms with van der Waals surface area (Å²) in [5.74, 6) is 0.835. The molecule has 0 atom stereocenters. The van der Waals surface area contributed by atoms with E-state index in [4.69, 9.17) is 0 Å². The molecule has 1 aliphatic carbocycles. The van der Waals surface area contributed by atoms with Crippen LogP contribution in [0, 0.1) is 12.7 Å². The van der Waals surface area contributed by atoms with Crippen molar-refractivity contribution in [1.29, 1.82) is 0 Å². The molecule has 0 radical (unpaired) electrons. The Kier molecular flexibility index (Phi) is 3.57. The van der Waals surface area contributed by atoms with Gasteiger partial charge in [-0.3, -0.25) is 0 Å². The van der Waals surface area contributed by atoms with Gasteiger partial charge in [-0.15, -0.1) is 0 Å². The molecule has 0 amide bonds. The molecule has 106 valence electrons. The fourth-order valence-electron chi connectivity index (χ4n) is 3.74. The maximum Gasteiger partial charge on any atom is 0.135 e. The summed E-state index contributed by atoms with van der Waals surface area (Å²) >= 11 is 0. The molecule has 0 unspecified atom stereocenters. The highest BCUT2D eigenvalue weighted by molar-refractivity contribution is 6.14. The first-order valence-electron chi connectivity index (χ1n) is 7.75. The predicted molar refractivity (Wildman–Crippen MR) is 83.3 cm³/mol. The Morgan fingerprint density at radius 2 is 1.80 bits per heavy atom. The van der Waals surface area contributed by atoms with Gasteiger partial charge >= 0.3 is 0 Å². The van der Waals surface area contributed by atoms with E-state index >= 15 is 0 Å². The highest BCUT2D eigenvalue weighted by Gasteiger charge is 2.29. The van der Waals surface area contributed by atoms with E-state index in [-0.39, 0.29) is 11.3 Å². The van der Waals surface area contributed by atoms with Crippen molar-refractivity contribution in [1.82, 2.24) is 9.55 Å². The van der Waals surface area contributed by atoms with Crippen molar-refractivity contribution < 1.29 is 4.39 Å². The number of hydrogen-bond acceptors (Lipinski definition) is 1. The highest BCUT2D eigenvalue weighted by atomic mass is 19.1. The lowest BCUT2D eigenvalue weighted by Gasteiger charge is -2.35. The van der Waals surface area contributed by atoms with Crippen molar-refractivity contribution in [3.05, 3.63) is 29.8 Å². The SMILES string of the molecule is BC1(n2c(C)nc3ccc(F)cc32)CCCCCCC1. The molecule has 0 N–H and O–H groups in total. The number of hydrogen-bond donors (Lipinski definition) is 0. The van der Waals surface area contributed by atoms with Gasteiger partial charge in [0.2, 0.25) is 0 Å².